The molecule has 0 atom stereocenters. The van der Waals surface area contributed by atoms with Gasteiger partial charge in [0.25, 0.3) is 10.9 Å². The predicted octanol–water partition coefficient (Wildman–Crippen LogP) is 2.59. The highest BCUT2D eigenvalue weighted by Crippen LogP contribution is 2.30. The van der Waals surface area contributed by atoms with Crippen molar-refractivity contribution in [1.82, 2.24) is 0 Å². The molecular weight excluding hydrogens is 336 g/mol. The number of hydrogen-bond acceptors (Lipinski definition) is 4. The number of nitrogens with zero attached hydrogens (tertiary/aromatic N) is 1. The normalized spacial score (nSPS) is 9.80. The Morgan fingerprint density at radius 1 is 1.60 bits per heavy atom. The fourth-order valence-corrected chi connectivity index (χ4v) is 1.83. The van der Waals surface area contributed by atoms with Crippen LogP contribution in [0.5, 0.6) is 5.75 Å². The quantitative estimate of drug-likeness (QED) is 0.367. The summed E-state index contributed by atoms with van der Waals surface area (Å²) in [6.07, 6.45) is 0. The molecular formula is C8H5ClINO4. The van der Waals surface area contributed by atoms with Crippen LogP contribution >= 0.6 is 34.2 Å². The lowest BCUT2D eigenvalue weighted by molar-refractivity contribution is -0.385. The highest BCUT2D eigenvalue weighted by molar-refractivity contribution is 14.1. The molecule has 0 unspecified atom stereocenters. The summed E-state index contributed by atoms with van der Waals surface area (Å²) in [4.78, 5) is 20.9. The van der Waals surface area contributed by atoms with E-state index >= 15 is 0 Å². The molecule has 5 nitrogen and oxygen atoms in total. The molecule has 80 valence electrons. The Balaban J connectivity index is 3.45. The number of halogens is 2. The van der Waals surface area contributed by atoms with Crippen LogP contribution in [0.2, 0.25) is 0 Å². The maximum Gasteiger partial charge on any atom is 0.282 e. The Morgan fingerprint density at radius 2 is 2.20 bits per heavy atom. The number of methoxy groups -OCH3 is 1. The largest absolute Gasteiger partial charge is 0.496 e. The van der Waals surface area contributed by atoms with Gasteiger partial charge in [-0.25, -0.2) is 0 Å². The minimum atomic E-state index is -0.878. The lowest BCUT2D eigenvalue weighted by Gasteiger charge is -2.04. The standard InChI is InChI=1S/C8H5ClINO4/c1-15-7-2-4(8(9)12)6(11(13)14)3-5(7)10/h2-3H,1H3. The third-order valence-corrected chi connectivity index (χ3v) is 2.73. The zero-order valence-corrected chi connectivity index (χ0v) is 10.4. The van der Waals surface area contributed by atoms with Crippen LogP contribution in [0.15, 0.2) is 12.1 Å². The highest BCUT2D eigenvalue weighted by atomic mass is 127. The summed E-state index contributed by atoms with van der Waals surface area (Å²) in [5.41, 5.74) is -0.487. The van der Waals surface area contributed by atoms with Crippen molar-refractivity contribution in [2.24, 2.45) is 0 Å². The van der Waals surface area contributed by atoms with Gasteiger partial charge in [0.15, 0.2) is 0 Å². The van der Waals surface area contributed by atoms with Crippen molar-refractivity contribution in [3.8, 4) is 5.75 Å². The van der Waals surface area contributed by atoms with Crippen molar-refractivity contribution >= 4 is 45.1 Å². The Bertz CT molecular complexity index is 435. The van der Waals surface area contributed by atoms with Gasteiger partial charge in [0.1, 0.15) is 11.3 Å². The van der Waals surface area contributed by atoms with Crippen LogP contribution in [0.4, 0.5) is 5.69 Å². The van der Waals surface area contributed by atoms with E-state index in [1.54, 1.807) is 0 Å². The molecule has 1 aromatic carbocycles. The molecule has 0 amide bonds. The van der Waals surface area contributed by atoms with E-state index in [9.17, 15) is 14.9 Å². The second-order valence-corrected chi connectivity index (χ2v) is 4.04. The minimum absolute atomic E-state index is 0.168. The monoisotopic (exact) mass is 341 g/mol. The summed E-state index contributed by atoms with van der Waals surface area (Å²) >= 11 is 7.11. The van der Waals surface area contributed by atoms with Gasteiger partial charge in [0, 0.05) is 12.1 Å². The predicted molar refractivity (Wildman–Crippen MR) is 62.5 cm³/mol. The number of nitro benzene ring substituents is 1. The molecule has 1 aromatic rings. The molecule has 0 heterocycles. The van der Waals surface area contributed by atoms with E-state index in [0.717, 1.165) is 0 Å². The number of rotatable bonds is 3. The Hall–Kier alpha value is -0.890. The first-order valence-corrected chi connectivity index (χ1v) is 5.14. The van der Waals surface area contributed by atoms with Crippen molar-refractivity contribution < 1.29 is 14.5 Å². The second-order valence-electron chi connectivity index (χ2n) is 2.53. The van der Waals surface area contributed by atoms with Crippen LogP contribution in [-0.4, -0.2) is 17.3 Å². The van der Waals surface area contributed by atoms with E-state index in [0.29, 0.717) is 9.32 Å². The molecule has 15 heavy (non-hydrogen) atoms. The van der Waals surface area contributed by atoms with Crippen LogP contribution in [0, 0.1) is 13.7 Å². The molecule has 0 aliphatic carbocycles. The first-order chi connectivity index (χ1) is 6.97. The molecule has 0 aliphatic heterocycles. The van der Waals surface area contributed by atoms with Gasteiger partial charge in [-0.2, -0.15) is 0 Å². The second kappa shape index (κ2) is 4.75. The van der Waals surface area contributed by atoms with Gasteiger partial charge in [0.2, 0.25) is 0 Å². The first-order valence-electron chi connectivity index (χ1n) is 3.69. The fourth-order valence-electron chi connectivity index (χ4n) is 1.01. The van der Waals surface area contributed by atoms with E-state index in [4.69, 9.17) is 16.3 Å². The molecule has 0 spiro atoms. The van der Waals surface area contributed by atoms with Gasteiger partial charge < -0.3 is 4.74 Å². The van der Waals surface area contributed by atoms with Crippen molar-refractivity contribution in [2.75, 3.05) is 7.11 Å². The van der Waals surface area contributed by atoms with Crippen molar-refractivity contribution in [1.29, 1.82) is 0 Å². The van der Waals surface area contributed by atoms with Crippen molar-refractivity contribution in [3.05, 3.63) is 31.4 Å². The number of carbonyl (C=O) groups excluding carboxylic acids is 1. The van der Waals surface area contributed by atoms with E-state index < -0.39 is 10.2 Å². The summed E-state index contributed by atoms with van der Waals surface area (Å²) in [7, 11) is 1.41. The lowest BCUT2D eigenvalue weighted by Crippen LogP contribution is -2.00. The molecule has 0 radical (unpaired) electrons. The lowest BCUT2D eigenvalue weighted by atomic mass is 10.2. The van der Waals surface area contributed by atoms with Crippen LogP contribution in [0.3, 0.4) is 0 Å². The van der Waals surface area contributed by atoms with Gasteiger partial charge in [-0.1, -0.05) is 0 Å². The Kier molecular flexibility index (Phi) is 3.86. The van der Waals surface area contributed by atoms with Gasteiger partial charge >= 0.3 is 0 Å². The summed E-state index contributed by atoms with van der Waals surface area (Å²) in [5.74, 6) is 0.380. The summed E-state index contributed by atoms with van der Waals surface area (Å²) < 4.78 is 5.47. The van der Waals surface area contributed by atoms with Crippen LogP contribution in [0.1, 0.15) is 10.4 Å². The molecule has 0 aromatic heterocycles. The van der Waals surface area contributed by atoms with E-state index in [1.807, 2.05) is 22.6 Å². The third kappa shape index (κ3) is 2.57. The van der Waals surface area contributed by atoms with E-state index in [-0.39, 0.29) is 11.3 Å². The molecule has 7 heteroatoms. The van der Waals surface area contributed by atoms with E-state index in [1.165, 1.54) is 19.2 Å². The summed E-state index contributed by atoms with van der Waals surface area (Å²) in [5, 5.41) is 9.75. The number of benzene rings is 1. The van der Waals surface area contributed by atoms with Crippen LogP contribution in [-0.2, 0) is 0 Å². The highest BCUT2D eigenvalue weighted by Gasteiger charge is 2.21. The molecule has 0 aliphatic rings. The summed E-state index contributed by atoms with van der Waals surface area (Å²) in [6.45, 7) is 0. The first kappa shape index (κ1) is 12.2. The van der Waals surface area contributed by atoms with Crippen LogP contribution in [0.25, 0.3) is 0 Å². The maximum atomic E-state index is 11.0. The number of nitro groups is 1. The average molecular weight is 341 g/mol. The molecule has 0 bridgehead atoms. The Labute approximate surface area is 104 Å². The van der Waals surface area contributed by atoms with Gasteiger partial charge in [-0.3, -0.25) is 14.9 Å². The van der Waals surface area contributed by atoms with Gasteiger partial charge in [0.05, 0.1) is 15.6 Å². The zero-order chi connectivity index (χ0) is 11.6. The SMILES string of the molecule is COc1cc(C(=O)Cl)c([N+](=O)[O-])cc1I. The van der Waals surface area contributed by atoms with Crippen molar-refractivity contribution in [3.63, 3.8) is 0 Å². The van der Waals surface area contributed by atoms with Crippen molar-refractivity contribution in [2.45, 2.75) is 0 Å². The maximum absolute atomic E-state index is 11.0. The Morgan fingerprint density at radius 3 is 2.60 bits per heavy atom. The molecule has 0 saturated carbocycles. The molecule has 0 fully saturated rings. The molecule has 0 saturated heterocycles. The third-order valence-electron chi connectivity index (χ3n) is 1.68. The van der Waals surface area contributed by atoms with E-state index in [2.05, 4.69) is 0 Å². The topological polar surface area (TPSA) is 69.4 Å². The van der Waals surface area contributed by atoms with Gasteiger partial charge in [-0.05, 0) is 34.2 Å². The summed E-state index contributed by atoms with van der Waals surface area (Å²) in [6, 6.07) is 2.50. The van der Waals surface area contributed by atoms with Crippen LogP contribution < -0.4 is 4.74 Å². The molecule has 0 N–H and O–H groups in total. The number of hydrogen-bond donors (Lipinski definition) is 0. The smallest absolute Gasteiger partial charge is 0.282 e. The minimum Gasteiger partial charge on any atom is -0.496 e. The molecule has 1 rings (SSSR count). The number of ether oxygens (including phenoxy) is 1. The zero-order valence-electron chi connectivity index (χ0n) is 7.49. The fraction of sp³-hybridized carbons (Fsp3) is 0.125. The number of carbonyl (C=O) groups is 1. The van der Waals surface area contributed by atoms with Gasteiger partial charge in [-0.15, -0.1) is 0 Å². The average Bonchev–Trinajstić information content (AvgIpc) is 2.16.